The van der Waals surface area contributed by atoms with Crippen LogP contribution < -0.4 is 5.56 Å². The number of hydrogen-bond acceptors (Lipinski definition) is 3. The zero-order valence-electron chi connectivity index (χ0n) is 8.84. The summed E-state index contributed by atoms with van der Waals surface area (Å²) in [5, 5.41) is 6.23. The second-order valence-corrected chi connectivity index (χ2v) is 4.30. The molecule has 0 radical (unpaired) electrons. The highest BCUT2D eigenvalue weighted by molar-refractivity contribution is 5.93. The van der Waals surface area contributed by atoms with Crippen molar-refractivity contribution < 1.29 is 4.79 Å². The maximum atomic E-state index is 11.2. The van der Waals surface area contributed by atoms with Gasteiger partial charge in [-0.1, -0.05) is 20.8 Å². The molecule has 0 aliphatic heterocycles. The standard InChI is InChI=1S/C10H14N2O2/c1-6(13)7-5-8(10(2,3)4)11-12-9(7)14/h5H,1-4H3,(H,12,14). The Bertz CT molecular complexity index is 413. The molecule has 0 bridgehead atoms. The van der Waals surface area contributed by atoms with E-state index in [9.17, 15) is 9.59 Å². The third-order valence-electron chi connectivity index (χ3n) is 1.95. The van der Waals surface area contributed by atoms with Gasteiger partial charge in [0.25, 0.3) is 5.56 Å². The summed E-state index contributed by atoms with van der Waals surface area (Å²) < 4.78 is 0. The number of ketones is 1. The van der Waals surface area contributed by atoms with Gasteiger partial charge in [0.2, 0.25) is 0 Å². The Balaban J connectivity index is 3.34. The molecule has 1 N–H and O–H groups in total. The van der Waals surface area contributed by atoms with Gasteiger partial charge in [0.15, 0.2) is 5.78 Å². The van der Waals surface area contributed by atoms with Crippen molar-refractivity contribution in [2.45, 2.75) is 33.1 Å². The Morgan fingerprint density at radius 1 is 1.43 bits per heavy atom. The van der Waals surface area contributed by atoms with Crippen LogP contribution in [0.4, 0.5) is 0 Å². The number of carbonyl (C=O) groups is 1. The minimum Gasteiger partial charge on any atom is -0.294 e. The minimum absolute atomic E-state index is 0.171. The summed E-state index contributed by atoms with van der Waals surface area (Å²) in [6, 6.07) is 1.56. The van der Waals surface area contributed by atoms with Crippen molar-refractivity contribution in [1.82, 2.24) is 10.2 Å². The van der Waals surface area contributed by atoms with Gasteiger partial charge in [-0.15, -0.1) is 0 Å². The molecule has 4 nitrogen and oxygen atoms in total. The van der Waals surface area contributed by atoms with Crippen LogP contribution in [0.25, 0.3) is 0 Å². The number of aromatic nitrogens is 2. The van der Waals surface area contributed by atoms with E-state index in [0.29, 0.717) is 5.69 Å². The van der Waals surface area contributed by atoms with Crippen LogP contribution in [-0.4, -0.2) is 16.0 Å². The van der Waals surface area contributed by atoms with Crippen molar-refractivity contribution in [3.63, 3.8) is 0 Å². The summed E-state index contributed by atoms with van der Waals surface area (Å²) in [6.07, 6.45) is 0. The number of nitrogens with one attached hydrogen (secondary N) is 1. The molecule has 76 valence electrons. The predicted molar refractivity (Wildman–Crippen MR) is 53.6 cm³/mol. The summed E-state index contributed by atoms with van der Waals surface area (Å²) in [7, 11) is 0. The first kappa shape index (κ1) is 10.6. The normalized spacial score (nSPS) is 11.4. The molecular formula is C10H14N2O2. The van der Waals surface area contributed by atoms with Gasteiger partial charge in [0.1, 0.15) is 0 Å². The summed E-state index contributed by atoms with van der Waals surface area (Å²) in [5.41, 5.74) is 0.284. The van der Waals surface area contributed by atoms with E-state index in [1.165, 1.54) is 6.92 Å². The molecule has 4 heteroatoms. The van der Waals surface area contributed by atoms with Gasteiger partial charge >= 0.3 is 0 Å². The average Bonchev–Trinajstić information content (AvgIpc) is 2.02. The lowest BCUT2D eigenvalue weighted by atomic mass is 9.91. The molecule has 1 aromatic heterocycles. The van der Waals surface area contributed by atoms with Gasteiger partial charge in [0, 0.05) is 5.41 Å². The van der Waals surface area contributed by atoms with Gasteiger partial charge in [-0.05, 0) is 13.0 Å². The van der Waals surface area contributed by atoms with Gasteiger partial charge in [-0.3, -0.25) is 9.59 Å². The first-order valence-electron chi connectivity index (χ1n) is 4.43. The Hall–Kier alpha value is -1.45. The summed E-state index contributed by atoms with van der Waals surface area (Å²) >= 11 is 0. The van der Waals surface area contributed by atoms with Gasteiger partial charge in [-0.25, -0.2) is 5.10 Å². The maximum Gasteiger partial charge on any atom is 0.275 e. The molecule has 0 amide bonds. The minimum atomic E-state index is -0.425. The molecule has 0 aromatic carbocycles. The number of hydrogen-bond donors (Lipinski definition) is 1. The molecule has 0 spiro atoms. The second kappa shape index (κ2) is 3.36. The maximum absolute atomic E-state index is 11.2. The van der Waals surface area contributed by atoms with E-state index in [1.54, 1.807) is 6.07 Å². The summed E-state index contributed by atoms with van der Waals surface area (Å²) in [6.45, 7) is 7.28. The van der Waals surface area contributed by atoms with Crippen LogP contribution in [0.1, 0.15) is 43.7 Å². The molecular weight excluding hydrogens is 180 g/mol. The molecule has 1 heterocycles. The molecule has 0 saturated heterocycles. The number of nitrogens with zero attached hydrogens (tertiary/aromatic N) is 1. The van der Waals surface area contributed by atoms with Crippen LogP contribution in [0, 0.1) is 0 Å². The Morgan fingerprint density at radius 2 is 2.00 bits per heavy atom. The van der Waals surface area contributed by atoms with Gasteiger partial charge in [0.05, 0.1) is 11.3 Å². The van der Waals surface area contributed by atoms with Gasteiger partial charge in [-0.2, -0.15) is 5.10 Å². The first-order valence-corrected chi connectivity index (χ1v) is 4.43. The number of rotatable bonds is 1. The lowest BCUT2D eigenvalue weighted by molar-refractivity contribution is 0.101. The lowest BCUT2D eigenvalue weighted by Crippen LogP contribution is -2.23. The second-order valence-electron chi connectivity index (χ2n) is 4.30. The van der Waals surface area contributed by atoms with Crippen molar-refractivity contribution >= 4 is 5.78 Å². The van der Waals surface area contributed by atoms with Gasteiger partial charge < -0.3 is 0 Å². The highest BCUT2D eigenvalue weighted by atomic mass is 16.1. The molecule has 1 rings (SSSR count). The lowest BCUT2D eigenvalue weighted by Gasteiger charge is -2.16. The van der Waals surface area contributed by atoms with Crippen molar-refractivity contribution in [2.75, 3.05) is 0 Å². The Kier molecular flexibility index (Phi) is 2.55. The third-order valence-corrected chi connectivity index (χ3v) is 1.95. The molecule has 0 aliphatic carbocycles. The molecule has 0 aliphatic rings. The van der Waals surface area contributed by atoms with E-state index in [1.807, 2.05) is 20.8 Å². The average molecular weight is 194 g/mol. The van der Waals surface area contributed by atoms with Crippen molar-refractivity contribution in [3.8, 4) is 0 Å². The third kappa shape index (κ3) is 2.07. The highest BCUT2D eigenvalue weighted by Gasteiger charge is 2.18. The zero-order valence-corrected chi connectivity index (χ0v) is 8.84. The zero-order chi connectivity index (χ0) is 10.9. The first-order chi connectivity index (χ1) is 6.32. The van der Waals surface area contributed by atoms with Crippen LogP contribution in [0.2, 0.25) is 0 Å². The summed E-state index contributed by atoms with van der Waals surface area (Å²) in [5.74, 6) is -0.237. The van der Waals surface area contributed by atoms with Crippen LogP contribution >= 0.6 is 0 Å². The molecule has 14 heavy (non-hydrogen) atoms. The van der Waals surface area contributed by atoms with Crippen molar-refractivity contribution in [1.29, 1.82) is 0 Å². The van der Waals surface area contributed by atoms with E-state index in [-0.39, 0.29) is 16.8 Å². The SMILES string of the molecule is CC(=O)c1cc(C(C)(C)C)n[nH]c1=O. The number of H-pyrrole nitrogens is 1. The monoisotopic (exact) mass is 194 g/mol. The fourth-order valence-electron chi connectivity index (χ4n) is 1.05. The molecule has 1 aromatic rings. The fraction of sp³-hybridized carbons (Fsp3) is 0.500. The molecule has 0 saturated carbocycles. The van der Waals surface area contributed by atoms with Crippen LogP contribution in [0.3, 0.4) is 0 Å². The van der Waals surface area contributed by atoms with E-state index in [0.717, 1.165) is 0 Å². The smallest absolute Gasteiger partial charge is 0.275 e. The molecule has 0 unspecified atom stereocenters. The van der Waals surface area contributed by atoms with E-state index < -0.39 is 5.56 Å². The van der Waals surface area contributed by atoms with E-state index in [2.05, 4.69) is 10.2 Å². The number of aromatic amines is 1. The summed E-state index contributed by atoms with van der Waals surface area (Å²) in [4.78, 5) is 22.3. The molecule has 0 fully saturated rings. The fourth-order valence-corrected chi connectivity index (χ4v) is 1.05. The topological polar surface area (TPSA) is 62.8 Å². The Labute approximate surface area is 82.4 Å². The van der Waals surface area contributed by atoms with E-state index in [4.69, 9.17) is 0 Å². The highest BCUT2D eigenvalue weighted by Crippen LogP contribution is 2.18. The quantitative estimate of drug-likeness (QED) is 0.685. The van der Waals surface area contributed by atoms with E-state index >= 15 is 0 Å². The van der Waals surface area contributed by atoms with Crippen molar-refractivity contribution in [3.05, 3.63) is 27.7 Å². The number of carbonyl (C=O) groups excluding carboxylic acids is 1. The largest absolute Gasteiger partial charge is 0.294 e. The molecule has 0 atom stereocenters. The van der Waals surface area contributed by atoms with Crippen LogP contribution in [0.15, 0.2) is 10.9 Å². The number of Topliss-reactive ketones (excluding diaryl/α,β-unsaturated/α-hetero) is 1. The van der Waals surface area contributed by atoms with Crippen LogP contribution in [0.5, 0.6) is 0 Å². The van der Waals surface area contributed by atoms with Crippen LogP contribution in [-0.2, 0) is 5.41 Å². The Morgan fingerprint density at radius 3 is 2.43 bits per heavy atom. The predicted octanol–water partition coefficient (Wildman–Crippen LogP) is 1.27. The van der Waals surface area contributed by atoms with Crippen molar-refractivity contribution in [2.24, 2.45) is 0 Å².